The number of hydrogen-bond donors (Lipinski definition) is 2. The topological polar surface area (TPSA) is 59.6 Å². The van der Waals surface area contributed by atoms with Crippen molar-refractivity contribution < 1.29 is 18.7 Å². The van der Waals surface area contributed by atoms with Crippen LogP contribution in [-0.4, -0.2) is 32.7 Å². The first-order chi connectivity index (χ1) is 10.6. The lowest BCUT2D eigenvalue weighted by atomic mass is 10.0. The molecule has 2 atom stereocenters. The van der Waals surface area contributed by atoms with Crippen molar-refractivity contribution in [1.29, 1.82) is 0 Å². The van der Waals surface area contributed by atoms with E-state index >= 15 is 0 Å². The van der Waals surface area contributed by atoms with E-state index < -0.39 is 11.9 Å². The summed E-state index contributed by atoms with van der Waals surface area (Å²) in [6.07, 6.45) is 2.93. The van der Waals surface area contributed by atoms with Crippen molar-refractivity contribution in [2.24, 2.45) is 0 Å². The molecule has 0 aromatic heterocycles. The lowest BCUT2D eigenvalue weighted by molar-refractivity contribution is -0.124. The predicted molar refractivity (Wildman–Crippen MR) is 89.0 cm³/mol. The van der Waals surface area contributed by atoms with Gasteiger partial charge >= 0.3 is 0 Å². The van der Waals surface area contributed by atoms with Crippen molar-refractivity contribution in [3.63, 3.8) is 0 Å². The Hall–Kier alpha value is -1.53. The van der Waals surface area contributed by atoms with Crippen LogP contribution in [0.15, 0.2) is 12.1 Å². The van der Waals surface area contributed by atoms with Gasteiger partial charge in [-0.15, -0.1) is 12.4 Å². The molecule has 1 heterocycles. The van der Waals surface area contributed by atoms with Crippen LogP contribution in [0.25, 0.3) is 0 Å². The molecule has 130 valence electrons. The van der Waals surface area contributed by atoms with Crippen molar-refractivity contribution in [3.05, 3.63) is 23.5 Å². The maximum Gasteiger partial charge on any atom is 0.237 e. The van der Waals surface area contributed by atoms with Gasteiger partial charge in [0.2, 0.25) is 5.91 Å². The van der Waals surface area contributed by atoms with Crippen LogP contribution < -0.4 is 20.1 Å². The van der Waals surface area contributed by atoms with E-state index in [-0.39, 0.29) is 24.4 Å². The zero-order chi connectivity index (χ0) is 16.1. The summed E-state index contributed by atoms with van der Waals surface area (Å²) < 4.78 is 24.4. The minimum atomic E-state index is -0.448. The highest BCUT2D eigenvalue weighted by Crippen LogP contribution is 2.32. The van der Waals surface area contributed by atoms with Crippen LogP contribution >= 0.6 is 12.4 Å². The van der Waals surface area contributed by atoms with E-state index in [4.69, 9.17) is 9.47 Å². The van der Waals surface area contributed by atoms with E-state index in [2.05, 4.69) is 10.6 Å². The van der Waals surface area contributed by atoms with E-state index in [9.17, 15) is 9.18 Å². The third kappa shape index (κ3) is 4.72. The Morgan fingerprint density at radius 2 is 1.96 bits per heavy atom. The van der Waals surface area contributed by atoms with Crippen molar-refractivity contribution in [2.75, 3.05) is 20.8 Å². The zero-order valence-corrected chi connectivity index (χ0v) is 14.5. The summed E-state index contributed by atoms with van der Waals surface area (Å²) in [6.45, 7) is 2.60. The lowest BCUT2D eigenvalue weighted by Crippen LogP contribution is -2.47. The van der Waals surface area contributed by atoms with E-state index in [1.54, 1.807) is 13.0 Å². The van der Waals surface area contributed by atoms with E-state index in [1.165, 1.54) is 20.3 Å². The third-order valence-corrected chi connectivity index (χ3v) is 3.95. The number of carbonyl (C=O) groups is 1. The van der Waals surface area contributed by atoms with Crippen LogP contribution in [0.2, 0.25) is 0 Å². The Balaban J connectivity index is 0.00000264. The van der Waals surface area contributed by atoms with Gasteiger partial charge in [-0.3, -0.25) is 4.79 Å². The van der Waals surface area contributed by atoms with Gasteiger partial charge in [0.1, 0.15) is 5.82 Å². The number of ether oxygens (including phenoxy) is 2. The molecule has 1 amide bonds. The first-order valence-electron chi connectivity index (χ1n) is 7.52. The molecule has 0 saturated carbocycles. The summed E-state index contributed by atoms with van der Waals surface area (Å²) in [6, 6.07) is 2.19. The molecule has 0 bridgehead atoms. The third-order valence-electron chi connectivity index (χ3n) is 3.95. The zero-order valence-electron chi connectivity index (χ0n) is 13.6. The van der Waals surface area contributed by atoms with Gasteiger partial charge in [-0.1, -0.05) is 6.42 Å². The highest BCUT2D eigenvalue weighted by molar-refractivity contribution is 5.85. The molecule has 5 nitrogen and oxygen atoms in total. The number of benzene rings is 1. The smallest absolute Gasteiger partial charge is 0.237 e. The van der Waals surface area contributed by atoms with Crippen molar-refractivity contribution >= 4 is 18.3 Å². The first kappa shape index (κ1) is 19.5. The second-order valence-electron chi connectivity index (χ2n) is 5.46. The fourth-order valence-corrected chi connectivity index (χ4v) is 2.67. The fraction of sp³-hybridized carbons (Fsp3) is 0.562. The first-order valence-corrected chi connectivity index (χ1v) is 7.52. The van der Waals surface area contributed by atoms with Crippen LogP contribution in [0, 0.1) is 5.82 Å². The molecule has 1 saturated heterocycles. The maximum atomic E-state index is 14.2. The average molecular weight is 347 g/mol. The number of hydrogen-bond acceptors (Lipinski definition) is 4. The average Bonchev–Trinajstić information content (AvgIpc) is 2.55. The molecular formula is C16H24ClFN2O3. The quantitative estimate of drug-likeness (QED) is 0.860. The van der Waals surface area contributed by atoms with Gasteiger partial charge in [-0.25, -0.2) is 4.39 Å². The summed E-state index contributed by atoms with van der Waals surface area (Å²) in [5, 5.41) is 6.04. The summed E-state index contributed by atoms with van der Waals surface area (Å²) in [7, 11) is 2.95. The van der Waals surface area contributed by atoms with Gasteiger partial charge in [0.15, 0.2) is 11.5 Å². The van der Waals surface area contributed by atoms with Gasteiger partial charge in [0, 0.05) is 11.6 Å². The Kier molecular flexibility index (Phi) is 7.58. The van der Waals surface area contributed by atoms with Crippen LogP contribution in [0.3, 0.4) is 0 Å². The number of nitrogens with one attached hydrogen (secondary N) is 2. The number of rotatable bonds is 5. The second-order valence-corrected chi connectivity index (χ2v) is 5.46. The summed E-state index contributed by atoms with van der Waals surface area (Å²) in [5.74, 6) is 0.246. The fourth-order valence-electron chi connectivity index (χ4n) is 2.67. The minimum absolute atomic E-state index is 0. The maximum absolute atomic E-state index is 14.2. The van der Waals surface area contributed by atoms with Gasteiger partial charge in [-0.2, -0.15) is 0 Å². The molecule has 23 heavy (non-hydrogen) atoms. The normalized spacial score (nSPS) is 18.5. The van der Waals surface area contributed by atoms with Crippen LogP contribution in [0.1, 0.15) is 37.8 Å². The molecule has 1 aliphatic rings. The number of methoxy groups -OCH3 is 2. The SMILES string of the molecule is COc1cc(F)c(C(C)NC(=O)C2CCCCN2)cc1OC.Cl. The van der Waals surface area contributed by atoms with Crippen LogP contribution in [0.5, 0.6) is 11.5 Å². The Morgan fingerprint density at radius 1 is 1.30 bits per heavy atom. The summed E-state index contributed by atoms with van der Waals surface area (Å²) in [5.41, 5.74) is 0.377. The molecule has 1 aromatic rings. The number of piperidine rings is 1. The molecule has 0 radical (unpaired) electrons. The molecular weight excluding hydrogens is 323 g/mol. The molecule has 0 aliphatic carbocycles. The largest absolute Gasteiger partial charge is 0.493 e. The van der Waals surface area contributed by atoms with Gasteiger partial charge in [0.25, 0.3) is 0 Å². The van der Waals surface area contributed by atoms with E-state index in [1.807, 2.05) is 0 Å². The Bertz CT molecular complexity index is 536. The standard InChI is InChI=1S/C16H23FN2O3.ClH/c1-10(19-16(20)13-6-4-5-7-18-13)11-8-14(21-2)15(22-3)9-12(11)17;/h8-10,13,18H,4-7H2,1-3H3,(H,19,20);1H. The molecule has 2 unspecified atom stereocenters. The minimum Gasteiger partial charge on any atom is -0.493 e. The predicted octanol–water partition coefficient (Wildman–Crippen LogP) is 2.58. The summed E-state index contributed by atoms with van der Waals surface area (Å²) in [4.78, 5) is 12.2. The molecule has 1 aliphatic heterocycles. The molecule has 2 rings (SSSR count). The van der Waals surface area contributed by atoms with Crippen molar-refractivity contribution in [3.8, 4) is 11.5 Å². The molecule has 7 heteroatoms. The lowest BCUT2D eigenvalue weighted by Gasteiger charge is -2.25. The number of amides is 1. The molecule has 1 aromatic carbocycles. The molecule has 2 N–H and O–H groups in total. The molecule has 1 fully saturated rings. The van der Waals surface area contributed by atoms with Crippen molar-refractivity contribution in [1.82, 2.24) is 10.6 Å². The van der Waals surface area contributed by atoms with Crippen LogP contribution in [-0.2, 0) is 4.79 Å². The summed E-state index contributed by atoms with van der Waals surface area (Å²) >= 11 is 0. The monoisotopic (exact) mass is 346 g/mol. The van der Waals surface area contributed by atoms with Gasteiger partial charge in [0.05, 0.1) is 26.3 Å². The van der Waals surface area contributed by atoms with E-state index in [0.717, 1.165) is 25.8 Å². The molecule has 0 spiro atoms. The van der Waals surface area contributed by atoms with Crippen LogP contribution in [0.4, 0.5) is 4.39 Å². The Morgan fingerprint density at radius 3 is 2.52 bits per heavy atom. The second kappa shape index (κ2) is 8.93. The van der Waals surface area contributed by atoms with E-state index in [0.29, 0.717) is 17.1 Å². The number of halogens is 2. The van der Waals surface area contributed by atoms with Gasteiger partial charge < -0.3 is 20.1 Å². The number of carbonyl (C=O) groups excluding carboxylic acids is 1. The highest BCUT2D eigenvalue weighted by Gasteiger charge is 2.24. The Labute approximate surface area is 142 Å². The highest BCUT2D eigenvalue weighted by atomic mass is 35.5. The van der Waals surface area contributed by atoms with Crippen molar-refractivity contribution in [2.45, 2.75) is 38.3 Å². The van der Waals surface area contributed by atoms with Gasteiger partial charge in [-0.05, 0) is 32.4 Å².